The van der Waals surface area contributed by atoms with Gasteiger partial charge in [-0.05, 0) is 73.1 Å². The highest BCUT2D eigenvalue weighted by Gasteiger charge is 2.18. The third-order valence-corrected chi connectivity index (χ3v) is 6.60. The van der Waals surface area contributed by atoms with E-state index in [2.05, 4.69) is 22.4 Å². The van der Waals surface area contributed by atoms with E-state index in [1.807, 2.05) is 72.5 Å². The van der Waals surface area contributed by atoms with Gasteiger partial charge in [0.1, 0.15) is 5.75 Å². The highest BCUT2D eigenvalue weighted by molar-refractivity contribution is 7.80. The zero-order valence-electron chi connectivity index (χ0n) is 20.7. The first-order chi connectivity index (χ1) is 18.1. The standard InChI is InChI=1S/C29H29N3O4S/c1-2-34-24-9-10-25-22(16-24)15-23(28(33)31-25)18-32(17-21-8-11-26-27(14-21)36-19-35-26)29(37)30-13-12-20-6-4-3-5-7-20/h3-11,14-16H,2,12-13,17-19H2,1H3,(H,30,37)(H,31,33). The largest absolute Gasteiger partial charge is 0.494 e. The second-order valence-corrected chi connectivity index (χ2v) is 9.20. The van der Waals surface area contributed by atoms with Crippen LogP contribution in [0.5, 0.6) is 17.2 Å². The molecule has 0 atom stereocenters. The predicted octanol–water partition coefficient (Wildman–Crippen LogP) is 4.77. The van der Waals surface area contributed by atoms with Crippen molar-refractivity contribution in [1.29, 1.82) is 0 Å². The smallest absolute Gasteiger partial charge is 0.253 e. The van der Waals surface area contributed by atoms with Gasteiger partial charge in [-0.1, -0.05) is 36.4 Å². The van der Waals surface area contributed by atoms with Crippen LogP contribution in [0, 0.1) is 0 Å². The number of nitrogens with zero attached hydrogens (tertiary/aromatic N) is 1. The normalized spacial score (nSPS) is 11.9. The molecule has 0 aliphatic carbocycles. The molecule has 0 radical (unpaired) electrons. The van der Waals surface area contributed by atoms with Crippen LogP contribution in [0.3, 0.4) is 0 Å². The lowest BCUT2D eigenvalue weighted by Gasteiger charge is -2.26. The highest BCUT2D eigenvalue weighted by Crippen LogP contribution is 2.33. The summed E-state index contributed by atoms with van der Waals surface area (Å²) in [6.07, 6.45) is 0.843. The second kappa shape index (κ2) is 11.3. The van der Waals surface area contributed by atoms with E-state index in [-0.39, 0.29) is 12.4 Å². The van der Waals surface area contributed by atoms with E-state index in [4.69, 9.17) is 26.4 Å². The lowest BCUT2D eigenvalue weighted by Crippen LogP contribution is -2.40. The summed E-state index contributed by atoms with van der Waals surface area (Å²) in [7, 11) is 0. The van der Waals surface area contributed by atoms with Gasteiger partial charge in [0.05, 0.1) is 13.2 Å². The summed E-state index contributed by atoms with van der Waals surface area (Å²) in [6, 6.07) is 23.7. The van der Waals surface area contributed by atoms with Gasteiger partial charge in [-0.2, -0.15) is 0 Å². The van der Waals surface area contributed by atoms with Crippen LogP contribution in [-0.4, -0.2) is 34.9 Å². The van der Waals surface area contributed by atoms with E-state index in [0.29, 0.717) is 42.7 Å². The first-order valence-corrected chi connectivity index (χ1v) is 12.7. The van der Waals surface area contributed by atoms with Crippen molar-refractivity contribution in [2.45, 2.75) is 26.4 Å². The number of rotatable bonds is 9. The van der Waals surface area contributed by atoms with E-state index in [1.54, 1.807) is 0 Å². The van der Waals surface area contributed by atoms with Crippen molar-refractivity contribution in [2.24, 2.45) is 0 Å². The van der Waals surface area contributed by atoms with Crippen LogP contribution in [-0.2, 0) is 19.5 Å². The molecule has 0 fully saturated rings. The van der Waals surface area contributed by atoms with Crippen molar-refractivity contribution in [1.82, 2.24) is 15.2 Å². The zero-order chi connectivity index (χ0) is 25.6. The molecule has 1 aliphatic rings. The molecule has 3 aromatic carbocycles. The van der Waals surface area contributed by atoms with Gasteiger partial charge in [0, 0.05) is 29.6 Å². The summed E-state index contributed by atoms with van der Waals surface area (Å²) in [4.78, 5) is 18.0. The number of hydrogen-bond acceptors (Lipinski definition) is 5. The Labute approximate surface area is 221 Å². The number of hydrogen-bond donors (Lipinski definition) is 2. The minimum Gasteiger partial charge on any atom is -0.494 e. The van der Waals surface area contributed by atoms with Crippen molar-refractivity contribution >= 4 is 28.2 Å². The minimum atomic E-state index is -0.139. The highest BCUT2D eigenvalue weighted by atomic mass is 32.1. The third-order valence-electron chi connectivity index (χ3n) is 6.20. The van der Waals surface area contributed by atoms with Gasteiger partial charge in [0.25, 0.3) is 5.56 Å². The Balaban J connectivity index is 1.38. The number of benzene rings is 3. The number of fused-ring (bicyclic) bond motifs is 2. The van der Waals surface area contributed by atoms with Crippen LogP contribution in [0.4, 0.5) is 0 Å². The van der Waals surface area contributed by atoms with Gasteiger partial charge >= 0.3 is 0 Å². The van der Waals surface area contributed by atoms with Crippen LogP contribution in [0.2, 0.25) is 0 Å². The summed E-state index contributed by atoms with van der Waals surface area (Å²) < 4.78 is 16.7. The van der Waals surface area contributed by atoms with E-state index in [0.717, 1.165) is 34.4 Å². The number of aromatic amines is 1. The number of pyridine rings is 1. The number of H-pyrrole nitrogens is 1. The molecule has 5 rings (SSSR count). The van der Waals surface area contributed by atoms with Gasteiger partial charge in [-0.3, -0.25) is 4.79 Å². The fraction of sp³-hybridized carbons (Fsp3) is 0.241. The van der Waals surface area contributed by atoms with Crippen molar-refractivity contribution in [3.05, 3.63) is 99.8 Å². The molecular formula is C29H29N3O4S. The first-order valence-electron chi connectivity index (χ1n) is 12.3. The van der Waals surface area contributed by atoms with E-state index in [9.17, 15) is 4.79 Å². The average molecular weight is 516 g/mol. The molecule has 1 aromatic heterocycles. The van der Waals surface area contributed by atoms with Gasteiger partial charge in [0.15, 0.2) is 16.6 Å². The Morgan fingerprint density at radius 2 is 1.84 bits per heavy atom. The number of aromatic nitrogens is 1. The maximum atomic E-state index is 13.0. The van der Waals surface area contributed by atoms with Gasteiger partial charge in [0.2, 0.25) is 6.79 Å². The van der Waals surface area contributed by atoms with Crippen molar-refractivity contribution in [2.75, 3.05) is 19.9 Å². The topological polar surface area (TPSA) is 75.8 Å². The van der Waals surface area contributed by atoms with Crippen molar-refractivity contribution in [3.8, 4) is 17.2 Å². The van der Waals surface area contributed by atoms with E-state index in [1.165, 1.54) is 5.56 Å². The predicted molar refractivity (Wildman–Crippen MR) is 148 cm³/mol. The Kier molecular flexibility index (Phi) is 7.56. The molecule has 0 amide bonds. The lowest BCUT2D eigenvalue weighted by atomic mass is 10.1. The van der Waals surface area contributed by atoms with Crippen LogP contribution >= 0.6 is 12.2 Å². The molecule has 8 heteroatoms. The van der Waals surface area contributed by atoms with Gasteiger partial charge in [-0.25, -0.2) is 0 Å². The molecule has 7 nitrogen and oxygen atoms in total. The van der Waals surface area contributed by atoms with E-state index >= 15 is 0 Å². The molecule has 0 saturated heterocycles. The van der Waals surface area contributed by atoms with Crippen LogP contribution in [0.1, 0.15) is 23.6 Å². The molecule has 190 valence electrons. The Hall–Kier alpha value is -4.04. The quantitative estimate of drug-likeness (QED) is 0.311. The molecule has 0 unspecified atom stereocenters. The SMILES string of the molecule is CCOc1ccc2[nH]c(=O)c(CN(Cc3ccc4c(c3)OCO4)C(=S)NCCc3ccccc3)cc2c1. The summed E-state index contributed by atoms with van der Waals surface area (Å²) in [5.74, 6) is 2.21. The van der Waals surface area contributed by atoms with E-state index < -0.39 is 0 Å². The molecule has 0 bridgehead atoms. The van der Waals surface area contributed by atoms with Gasteiger partial charge < -0.3 is 29.4 Å². The fourth-order valence-corrected chi connectivity index (χ4v) is 4.57. The maximum absolute atomic E-state index is 13.0. The molecular weight excluding hydrogens is 486 g/mol. The Morgan fingerprint density at radius 1 is 1.00 bits per heavy atom. The van der Waals surface area contributed by atoms with Crippen molar-refractivity contribution < 1.29 is 14.2 Å². The minimum absolute atomic E-state index is 0.139. The van der Waals surface area contributed by atoms with Gasteiger partial charge in [-0.15, -0.1) is 0 Å². The van der Waals surface area contributed by atoms with Crippen LogP contribution in [0.15, 0.2) is 77.6 Å². The summed E-state index contributed by atoms with van der Waals surface area (Å²) in [6.45, 7) is 4.28. The number of ether oxygens (including phenoxy) is 3. The molecule has 0 spiro atoms. The summed E-state index contributed by atoms with van der Waals surface area (Å²) in [5.41, 5.74) is 3.49. The van der Waals surface area contributed by atoms with Crippen molar-refractivity contribution in [3.63, 3.8) is 0 Å². The Bertz CT molecular complexity index is 1460. The molecule has 0 saturated carbocycles. The molecule has 1 aliphatic heterocycles. The molecule has 2 heterocycles. The molecule has 4 aromatic rings. The molecule has 2 N–H and O–H groups in total. The zero-order valence-corrected chi connectivity index (χ0v) is 21.5. The third kappa shape index (κ3) is 6.03. The fourth-order valence-electron chi connectivity index (χ4n) is 4.34. The van der Waals surface area contributed by atoms with Crippen LogP contribution < -0.4 is 25.1 Å². The second-order valence-electron chi connectivity index (χ2n) is 8.82. The Morgan fingerprint density at radius 3 is 2.68 bits per heavy atom. The summed E-state index contributed by atoms with van der Waals surface area (Å²) in [5, 5.41) is 4.86. The average Bonchev–Trinajstić information content (AvgIpc) is 3.37. The monoisotopic (exact) mass is 515 g/mol. The molecule has 37 heavy (non-hydrogen) atoms. The number of thiocarbonyl (C=S) groups is 1. The van der Waals surface area contributed by atoms with Crippen LogP contribution in [0.25, 0.3) is 10.9 Å². The lowest BCUT2D eigenvalue weighted by molar-refractivity contribution is 0.174. The summed E-state index contributed by atoms with van der Waals surface area (Å²) >= 11 is 5.81. The first kappa shape index (κ1) is 24.6. The number of nitrogens with one attached hydrogen (secondary N) is 2. The maximum Gasteiger partial charge on any atom is 0.253 e.